The third-order valence-corrected chi connectivity index (χ3v) is 7.85. The van der Waals surface area contributed by atoms with Crippen molar-refractivity contribution < 1.29 is 23.8 Å². The molecule has 0 spiro atoms. The van der Waals surface area contributed by atoms with Crippen molar-refractivity contribution >= 4 is 17.5 Å². The maximum atomic E-state index is 13.6. The van der Waals surface area contributed by atoms with Crippen LogP contribution in [0.25, 0.3) is 0 Å². The highest BCUT2D eigenvalue weighted by molar-refractivity contribution is 6.07. The van der Waals surface area contributed by atoms with Crippen molar-refractivity contribution in [2.45, 2.75) is 31.7 Å². The molecule has 0 saturated carbocycles. The van der Waals surface area contributed by atoms with E-state index in [0.717, 1.165) is 50.0 Å². The van der Waals surface area contributed by atoms with Crippen molar-refractivity contribution in [2.24, 2.45) is 16.9 Å². The Morgan fingerprint density at radius 3 is 2.39 bits per heavy atom. The highest BCUT2D eigenvalue weighted by Crippen LogP contribution is 2.38. The topological polar surface area (TPSA) is 83.9 Å². The van der Waals surface area contributed by atoms with Gasteiger partial charge in [0.2, 0.25) is 11.8 Å². The molecule has 36 heavy (non-hydrogen) atoms. The number of carbonyl (C=O) groups is 2. The molecule has 4 aliphatic rings. The molecule has 9 nitrogen and oxygen atoms in total. The predicted molar refractivity (Wildman–Crippen MR) is 135 cm³/mol. The van der Waals surface area contributed by atoms with Crippen LogP contribution in [0.15, 0.2) is 35.5 Å². The van der Waals surface area contributed by atoms with E-state index < -0.39 is 0 Å². The summed E-state index contributed by atoms with van der Waals surface area (Å²) in [5.74, 6) is 1.57. The smallest absolute Gasteiger partial charge is 0.247 e. The lowest BCUT2D eigenvalue weighted by Gasteiger charge is -2.42. The van der Waals surface area contributed by atoms with E-state index >= 15 is 0 Å². The molecule has 1 aliphatic carbocycles. The number of rotatable bonds is 6. The number of nitrogens with zero attached hydrogens (tertiary/aromatic N) is 4. The van der Waals surface area contributed by atoms with E-state index in [-0.39, 0.29) is 29.7 Å². The van der Waals surface area contributed by atoms with Gasteiger partial charge >= 0.3 is 0 Å². The summed E-state index contributed by atoms with van der Waals surface area (Å²) in [6, 6.07) is 5.90. The highest BCUT2D eigenvalue weighted by atomic mass is 16.5. The van der Waals surface area contributed by atoms with Crippen LogP contribution in [0, 0.1) is 11.8 Å². The average molecular weight is 497 g/mol. The number of amides is 2. The molecule has 2 atom stereocenters. The number of likely N-dealkylation sites (tertiary alicyclic amines) is 1. The molecule has 0 bridgehead atoms. The molecular weight excluding hydrogens is 460 g/mol. The van der Waals surface area contributed by atoms with Gasteiger partial charge in [-0.25, -0.2) is 5.01 Å². The van der Waals surface area contributed by atoms with Gasteiger partial charge in [-0.15, -0.1) is 0 Å². The number of allylic oxidation sites excluding steroid dienone is 2. The highest BCUT2D eigenvalue weighted by Gasteiger charge is 2.43. The van der Waals surface area contributed by atoms with E-state index in [4.69, 9.17) is 19.3 Å². The number of ether oxygens (including phenoxy) is 3. The Labute approximate surface area is 212 Å². The molecule has 3 aliphatic heterocycles. The van der Waals surface area contributed by atoms with E-state index in [1.807, 2.05) is 23.1 Å². The summed E-state index contributed by atoms with van der Waals surface area (Å²) in [5, 5.41) is 6.75. The van der Waals surface area contributed by atoms with Crippen molar-refractivity contribution in [3.63, 3.8) is 0 Å². The minimum Gasteiger partial charge on any atom is -0.493 e. The van der Waals surface area contributed by atoms with Crippen LogP contribution in [0.5, 0.6) is 11.5 Å². The molecule has 0 aromatic heterocycles. The summed E-state index contributed by atoms with van der Waals surface area (Å²) in [6.45, 7) is 4.55. The molecule has 0 radical (unpaired) electrons. The number of hydrogen-bond donors (Lipinski definition) is 0. The molecule has 2 amide bonds. The zero-order valence-corrected chi connectivity index (χ0v) is 21.2. The minimum absolute atomic E-state index is 0.0363. The fraction of sp³-hybridized carbons (Fsp3) is 0.593. The van der Waals surface area contributed by atoms with Crippen LogP contribution >= 0.6 is 0 Å². The lowest BCUT2D eigenvalue weighted by atomic mass is 9.76. The lowest BCUT2D eigenvalue weighted by Crippen LogP contribution is -2.53. The third kappa shape index (κ3) is 4.99. The summed E-state index contributed by atoms with van der Waals surface area (Å²) in [4.78, 5) is 30.3. The van der Waals surface area contributed by atoms with Crippen LogP contribution in [0.4, 0.5) is 0 Å². The van der Waals surface area contributed by atoms with E-state index in [0.29, 0.717) is 44.3 Å². The molecule has 1 aromatic rings. The van der Waals surface area contributed by atoms with Gasteiger partial charge in [0.05, 0.1) is 51.6 Å². The second kappa shape index (κ2) is 11.0. The van der Waals surface area contributed by atoms with Crippen molar-refractivity contribution in [3.05, 3.63) is 35.9 Å². The first kappa shape index (κ1) is 24.8. The molecule has 0 N–H and O–H groups in total. The second-order valence-corrected chi connectivity index (χ2v) is 9.89. The number of hydrazone groups is 1. The van der Waals surface area contributed by atoms with Gasteiger partial charge in [0.1, 0.15) is 0 Å². The maximum absolute atomic E-state index is 13.6. The van der Waals surface area contributed by atoms with Gasteiger partial charge in [-0.1, -0.05) is 12.2 Å². The first-order valence-corrected chi connectivity index (χ1v) is 13.0. The quantitative estimate of drug-likeness (QED) is 0.562. The lowest BCUT2D eigenvalue weighted by molar-refractivity contribution is -0.142. The Hall–Kier alpha value is -2.91. The Morgan fingerprint density at radius 2 is 1.69 bits per heavy atom. The van der Waals surface area contributed by atoms with E-state index in [1.165, 1.54) is 0 Å². The standard InChI is InChI=1S/C27H36N4O5/c1-34-23-8-7-19(17-24(23)35-2)26-21-5-3-4-6-22(21)27(33)31(28-26)20-9-11-29(12-10-20)18-25(32)30-13-15-36-16-14-30/h3-4,7-8,17,20-22H,5-6,9-16,18H2,1-2H3/t21-,22+/m0/s1. The van der Waals surface area contributed by atoms with Gasteiger partial charge in [0.25, 0.3) is 0 Å². The number of methoxy groups -OCH3 is 2. The van der Waals surface area contributed by atoms with E-state index in [9.17, 15) is 9.59 Å². The van der Waals surface area contributed by atoms with Crippen LogP contribution in [-0.2, 0) is 14.3 Å². The number of piperidine rings is 1. The van der Waals surface area contributed by atoms with E-state index in [1.54, 1.807) is 19.2 Å². The number of carbonyl (C=O) groups excluding carboxylic acids is 2. The molecular formula is C27H36N4O5. The summed E-state index contributed by atoms with van der Waals surface area (Å²) < 4.78 is 16.3. The van der Waals surface area contributed by atoms with Crippen LogP contribution in [0.3, 0.4) is 0 Å². The van der Waals surface area contributed by atoms with Gasteiger partial charge in [-0.2, -0.15) is 5.10 Å². The predicted octanol–water partition coefficient (Wildman–Crippen LogP) is 2.16. The SMILES string of the molecule is COc1ccc(C2=NN(C3CCN(CC(=O)N4CCOCC4)CC3)C(=O)[C@@H]3CC=CC[C@H]23)cc1OC. The van der Waals surface area contributed by atoms with Crippen molar-refractivity contribution in [1.82, 2.24) is 14.8 Å². The van der Waals surface area contributed by atoms with Crippen molar-refractivity contribution in [2.75, 3.05) is 60.2 Å². The monoisotopic (exact) mass is 496 g/mol. The number of benzene rings is 1. The van der Waals surface area contributed by atoms with Crippen LogP contribution < -0.4 is 9.47 Å². The van der Waals surface area contributed by atoms with Crippen LogP contribution in [-0.4, -0.2) is 98.5 Å². The molecule has 2 saturated heterocycles. The van der Waals surface area contributed by atoms with Crippen LogP contribution in [0.2, 0.25) is 0 Å². The average Bonchev–Trinajstić information content (AvgIpc) is 2.94. The van der Waals surface area contributed by atoms with E-state index in [2.05, 4.69) is 17.1 Å². The van der Waals surface area contributed by atoms with Crippen molar-refractivity contribution in [3.8, 4) is 11.5 Å². The molecule has 9 heteroatoms. The summed E-state index contributed by atoms with van der Waals surface area (Å²) in [7, 11) is 3.25. The minimum atomic E-state index is -0.100. The summed E-state index contributed by atoms with van der Waals surface area (Å²) in [5.41, 5.74) is 1.90. The van der Waals surface area contributed by atoms with Gasteiger partial charge in [-0.05, 0) is 43.9 Å². The van der Waals surface area contributed by atoms with Gasteiger partial charge in [0.15, 0.2) is 11.5 Å². The Bertz CT molecular complexity index is 1030. The maximum Gasteiger partial charge on any atom is 0.247 e. The van der Waals surface area contributed by atoms with Crippen LogP contribution in [0.1, 0.15) is 31.2 Å². The summed E-state index contributed by atoms with van der Waals surface area (Å²) in [6.07, 6.45) is 7.42. The van der Waals surface area contributed by atoms with Gasteiger partial charge < -0.3 is 19.1 Å². The Kier molecular flexibility index (Phi) is 7.57. The Morgan fingerprint density at radius 1 is 1.00 bits per heavy atom. The zero-order valence-electron chi connectivity index (χ0n) is 21.2. The molecule has 3 heterocycles. The zero-order chi connectivity index (χ0) is 25.1. The molecule has 5 rings (SSSR count). The first-order chi connectivity index (χ1) is 17.6. The molecule has 2 fully saturated rings. The second-order valence-electron chi connectivity index (χ2n) is 9.89. The van der Waals surface area contributed by atoms with Gasteiger partial charge in [-0.3, -0.25) is 14.5 Å². The number of hydrogen-bond acceptors (Lipinski definition) is 7. The van der Waals surface area contributed by atoms with Crippen molar-refractivity contribution in [1.29, 1.82) is 0 Å². The summed E-state index contributed by atoms with van der Waals surface area (Å²) >= 11 is 0. The molecule has 0 unspecified atom stereocenters. The van der Waals surface area contributed by atoms with Gasteiger partial charge in [0, 0.05) is 37.7 Å². The molecule has 1 aromatic carbocycles. The molecule has 194 valence electrons. The first-order valence-electron chi connectivity index (χ1n) is 13.0. The largest absolute Gasteiger partial charge is 0.493 e. The fourth-order valence-corrected chi connectivity index (χ4v) is 5.75. The number of fused-ring (bicyclic) bond motifs is 1. The Balaban J connectivity index is 1.32. The normalized spacial score (nSPS) is 25.4. The third-order valence-electron chi connectivity index (χ3n) is 7.85. The number of morpholine rings is 1. The fourth-order valence-electron chi connectivity index (χ4n) is 5.75.